The molecule has 3 aromatic heterocycles. The molecule has 6 heteroatoms. The molecule has 1 aliphatic rings. The van der Waals surface area contributed by atoms with Crippen molar-refractivity contribution in [1.29, 1.82) is 0 Å². The molecule has 31 heavy (non-hydrogen) atoms. The number of hydrogen-bond acceptors (Lipinski definition) is 5. The molecule has 0 spiro atoms. The van der Waals surface area contributed by atoms with E-state index in [1.54, 1.807) is 6.20 Å². The SMILES string of the molecule is CN1CCN(Cc2ccc(-c3cc(-c4cn[nH]c4-c4ccccn4)ccn3)cc2)CC1. The first kappa shape index (κ1) is 19.6. The van der Waals surface area contributed by atoms with Gasteiger partial charge < -0.3 is 4.90 Å². The summed E-state index contributed by atoms with van der Waals surface area (Å²) in [4.78, 5) is 14.0. The molecule has 6 nitrogen and oxygen atoms in total. The Labute approximate surface area is 182 Å². The van der Waals surface area contributed by atoms with Crippen LogP contribution in [0.3, 0.4) is 0 Å². The van der Waals surface area contributed by atoms with Crippen LogP contribution in [0.2, 0.25) is 0 Å². The summed E-state index contributed by atoms with van der Waals surface area (Å²) in [6.45, 7) is 5.55. The van der Waals surface area contributed by atoms with Gasteiger partial charge >= 0.3 is 0 Å². The largest absolute Gasteiger partial charge is 0.304 e. The maximum atomic E-state index is 4.61. The number of aromatic nitrogens is 4. The van der Waals surface area contributed by atoms with Crippen LogP contribution in [0.1, 0.15) is 5.56 Å². The first-order chi connectivity index (χ1) is 15.3. The molecule has 5 rings (SSSR count). The van der Waals surface area contributed by atoms with E-state index >= 15 is 0 Å². The topological polar surface area (TPSA) is 60.9 Å². The molecule has 4 aromatic rings. The van der Waals surface area contributed by atoms with Gasteiger partial charge in [-0.05, 0) is 42.4 Å². The van der Waals surface area contributed by atoms with Gasteiger partial charge in [-0.3, -0.25) is 20.0 Å². The zero-order valence-electron chi connectivity index (χ0n) is 17.7. The van der Waals surface area contributed by atoms with Crippen LogP contribution < -0.4 is 0 Å². The molecule has 156 valence electrons. The quantitative estimate of drug-likeness (QED) is 0.540. The number of rotatable bonds is 5. The average molecular weight is 411 g/mol. The molecule has 0 amide bonds. The van der Waals surface area contributed by atoms with Gasteiger partial charge in [-0.1, -0.05) is 30.3 Å². The Hall–Kier alpha value is -3.35. The van der Waals surface area contributed by atoms with Crippen molar-refractivity contribution in [2.24, 2.45) is 0 Å². The lowest BCUT2D eigenvalue weighted by Crippen LogP contribution is -2.43. The first-order valence-electron chi connectivity index (χ1n) is 10.7. The average Bonchev–Trinajstić information content (AvgIpc) is 3.32. The third-order valence-corrected chi connectivity index (χ3v) is 5.88. The second kappa shape index (κ2) is 8.79. The third kappa shape index (κ3) is 4.40. The zero-order chi connectivity index (χ0) is 21.0. The van der Waals surface area contributed by atoms with Crippen molar-refractivity contribution in [3.63, 3.8) is 0 Å². The highest BCUT2D eigenvalue weighted by Crippen LogP contribution is 2.31. The second-order valence-corrected chi connectivity index (χ2v) is 8.08. The molecule has 0 bridgehead atoms. The van der Waals surface area contributed by atoms with Crippen LogP contribution in [-0.2, 0) is 6.54 Å². The predicted molar refractivity (Wildman–Crippen MR) is 123 cm³/mol. The van der Waals surface area contributed by atoms with E-state index in [4.69, 9.17) is 0 Å². The number of piperazine rings is 1. The summed E-state index contributed by atoms with van der Waals surface area (Å²) in [5.41, 5.74) is 7.30. The minimum atomic E-state index is 0.877. The Morgan fingerprint density at radius 3 is 2.42 bits per heavy atom. The standard InChI is InChI=1S/C25H26N6/c1-30-12-14-31(15-13-30)18-19-5-7-20(8-6-19)24-16-21(9-11-27-24)22-17-28-29-25(22)23-4-2-3-10-26-23/h2-11,16-17H,12-15,18H2,1H3,(H,28,29). The molecular weight excluding hydrogens is 384 g/mol. The summed E-state index contributed by atoms with van der Waals surface area (Å²) in [6, 6.07) is 18.8. The van der Waals surface area contributed by atoms with Gasteiger partial charge in [-0.15, -0.1) is 0 Å². The van der Waals surface area contributed by atoms with Crippen LogP contribution in [0.25, 0.3) is 33.8 Å². The van der Waals surface area contributed by atoms with Crippen molar-refractivity contribution >= 4 is 0 Å². The number of nitrogens with zero attached hydrogens (tertiary/aromatic N) is 5. The number of aromatic amines is 1. The summed E-state index contributed by atoms with van der Waals surface area (Å²) < 4.78 is 0. The third-order valence-electron chi connectivity index (χ3n) is 5.88. The van der Waals surface area contributed by atoms with Crippen molar-refractivity contribution in [3.8, 4) is 33.8 Å². The van der Waals surface area contributed by atoms with Gasteiger partial charge in [0.05, 0.1) is 23.3 Å². The molecule has 1 aliphatic heterocycles. The monoisotopic (exact) mass is 410 g/mol. The predicted octanol–water partition coefficient (Wildman–Crippen LogP) is 3.95. The number of nitrogens with one attached hydrogen (secondary N) is 1. The van der Waals surface area contributed by atoms with Crippen LogP contribution in [0.5, 0.6) is 0 Å². The fourth-order valence-corrected chi connectivity index (χ4v) is 4.01. The van der Waals surface area contributed by atoms with E-state index in [1.165, 1.54) is 5.56 Å². The lowest BCUT2D eigenvalue weighted by atomic mass is 10.0. The highest BCUT2D eigenvalue weighted by molar-refractivity contribution is 5.80. The van der Waals surface area contributed by atoms with Gasteiger partial charge in [0.15, 0.2) is 0 Å². The van der Waals surface area contributed by atoms with Gasteiger partial charge in [0.1, 0.15) is 0 Å². The molecule has 1 fully saturated rings. The van der Waals surface area contributed by atoms with E-state index in [1.807, 2.05) is 36.7 Å². The molecule has 1 N–H and O–H groups in total. The molecule has 0 atom stereocenters. The number of H-pyrrole nitrogens is 1. The second-order valence-electron chi connectivity index (χ2n) is 8.08. The number of hydrogen-bond donors (Lipinski definition) is 1. The van der Waals surface area contributed by atoms with E-state index < -0.39 is 0 Å². The van der Waals surface area contributed by atoms with E-state index in [9.17, 15) is 0 Å². The molecular formula is C25H26N6. The van der Waals surface area contributed by atoms with E-state index in [0.717, 1.165) is 66.5 Å². The molecule has 0 saturated carbocycles. The van der Waals surface area contributed by atoms with E-state index in [-0.39, 0.29) is 0 Å². The van der Waals surface area contributed by atoms with Gasteiger partial charge in [0, 0.05) is 56.2 Å². The van der Waals surface area contributed by atoms with Crippen LogP contribution in [-0.4, -0.2) is 63.2 Å². The van der Waals surface area contributed by atoms with Crippen LogP contribution in [0.15, 0.2) is 73.2 Å². The smallest absolute Gasteiger partial charge is 0.0912 e. The molecule has 0 unspecified atom stereocenters. The number of likely N-dealkylation sites (N-methyl/N-ethyl adjacent to an activating group) is 1. The fraction of sp³-hybridized carbons (Fsp3) is 0.240. The summed E-state index contributed by atoms with van der Waals surface area (Å²) in [7, 11) is 2.19. The number of benzene rings is 1. The van der Waals surface area contributed by atoms with Crippen molar-refractivity contribution < 1.29 is 0 Å². The molecule has 0 aliphatic carbocycles. The summed E-state index contributed by atoms with van der Waals surface area (Å²) in [5, 5.41) is 7.34. The maximum Gasteiger partial charge on any atom is 0.0912 e. The maximum absolute atomic E-state index is 4.61. The Morgan fingerprint density at radius 1 is 0.839 bits per heavy atom. The Bertz CT molecular complexity index is 1130. The van der Waals surface area contributed by atoms with Crippen molar-refractivity contribution in [1.82, 2.24) is 30.0 Å². The summed E-state index contributed by atoms with van der Waals surface area (Å²) >= 11 is 0. The molecule has 4 heterocycles. The lowest BCUT2D eigenvalue weighted by molar-refractivity contribution is 0.148. The lowest BCUT2D eigenvalue weighted by Gasteiger charge is -2.32. The van der Waals surface area contributed by atoms with E-state index in [2.05, 4.69) is 67.3 Å². The normalized spacial score (nSPS) is 15.3. The Kier molecular flexibility index (Phi) is 5.56. The van der Waals surface area contributed by atoms with Crippen LogP contribution >= 0.6 is 0 Å². The highest BCUT2D eigenvalue weighted by Gasteiger charge is 2.14. The van der Waals surface area contributed by atoms with Crippen LogP contribution in [0.4, 0.5) is 0 Å². The van der Waals surface area contributed by atoms with Crippen molar-refractivity contribution in [3.05, 3.63) is 78.8 Å². The minimum absolute atomic E-state index is 0.877. The van der Waals surface area contributed by atoms with Gasteiger partial charge in [0.2, 0.25) is 0 Å². The Morgan fingerprint density at radius 2 is 1.65 bits per heavy atom. The van der Waals surface area contributed by atoms with Gasteiger partial charge in [-0.2, -0.15) is 5.10 Å². The first-order valence-corrected chi connectivity index (χ1v) is 10.7. The summed E-state index contributed by atoms with van der Waals surface area (Å²) in [6.07, 6.45) is 5.50. The van der Waals surface area contributed by atoms with Gasteiger partial charge in [-0.25, -0.2) is 0 Å². The van der Waals surface area contributed by atoms with E-state index in [0.29, 0.717) is 0 Å². The van der Waals surface area contributed by atoms with Gasteiger partial charge in [0.25, 0.3) is 0 Å². The minimum Gasteiger partial charge on any atom is -0.304 e. The summed E-state index contributed by atoms with van der Waals surface area (Å²) in [5.74, 6) is 0. The fourth-order valence-electron chi connectivity index (χ4n) is 4.01. The Balaban J connectivity index is 1.36. The molecule has 0 radical (unpaired) electrons. The molecule has 1 aromatic carbocycles. The van der Waals surface area contributed by atoms with Crippen molar-refractivity contribution in [2.45, 2.75) is 6.54 Å². The highest BCUT2D eigenvalue weighted by atomic mass is 15.2. The zero-order valence-corrected chi connectivity index (χ0v) is 17.7. The molecule has 1 saturated heterocycles. The number of pyridine rings is 2. The van der Waals surface area contributed by atoms with Crippen LogP contribution in [0, 0.1) is 0 Å². The van der Waals surface area contributed by atoms with Crippen molar-refractivity contribution in [2.75, 3.05) is 33.2 Å².